The maximum Gasteiger partial charge on any atom is 0.264 e. The summed E-state index contributed by atoms with van der Waals surface area (Å²) in [6.07, 6.45) is 2.88. The maximum atomic E-state index is 12.3. The van der Waals surface area contributed by atoms with Crippen molar-refractivity contribution in [3.8, 4) is 0 Å². The minimum Gasteiger partial charge on any atom is -0.325 e. The monoisotopic (exact) mass is 478 g/mol. The Morgan fingerprint density at radius 2 is 1.64 bits per heavy atom. The Morgan fingerprint density at radius 3 is 2.29 bits per heavy atom. The number of nitrogens with one attached hydrogen (secondary N) is 2. The van der Waals surface area contributed by atoms with Crippen LogP contribution in [0.5, 0.6) is 0 Å². The lowest BCUT2D eigenvalue weighted by molar-refractivity contribution is -0.113. The zero-order chi connectivity index (χ0) is 20.0. The van der Waals surface area contributed by atoms with Crippen LogP contribution in [0.15, 0.2) is 81.3 Å². The topological polar surface area (TPSA) is 101 Å². The number of rotatable bonds is 7. The van der Waals surface area contributed by atoms with Gasteiger partial charge in [-0.1, -0.05) is 15.9 Å². The molecule has 0 spiro atoms. The van der Waals surface area contributed by atoms with Crippen LogP contribution in [0.3, 0.4) is 0 Å². The Morgan fingerprint density at radius 1 is 1.00 bits per heavy atom. The number of hydrogen-bond donors (Lipinski definition) is 2. The first-order valence-corrected chi connectivity index (χ1v) is 11.3. The fraction of sp³-hybridized carbons (Fsp3) is 0.0556. The van der Waals surface area contributed by atoms with Gasteiger partial charge in [0.05, 0.1) is 10.6 Å². The summed E-state index contributed by atoms with van der Waals surface area (Å²) in [6.45, 7) is 0. The Balaban J connectivity index is 1.57. The van der Waals surface area contributed by atoms with E-state index >= 15 is 0 Å². The Labute approximate surface area is 175 Å². The average Bonchev–Trinajstić information content (AvgIpc) is 2.68. The van der Waals surface area contributed by atoms with Gasteiger partial charge in [-0.2, -0.15) is 0 Å². The van der Waals surface area contributed by atoms with E-state index in [-0.39, 0.29) is 22.5 Å². The first-order valence-electron chi connectivity index (χ1n) is 8.00. The van der Waals surface area contributed by atoms with Gasteiger partial charge >= 0.3 is 0 Å². The molecule has 144 valence electrons. The molecule has 1 amide bonds. The number of hydrogen-bond acceptors (Lipinski definition) is 6. The highest BCUT2D eigenvalue weighted by Crippen LogP contribution is 2.21. The number of carbonyl (C=O) groups excluding carboxylic acids is 1. The molecular formula is C18H15BrN4O3S2. The van der Waals surface area contributed by atoms with Crippen LogP contribution in [0, 0.1) is 0 Å². The van der Waals surface area contributed by atoms with E-state index in [0.29, 0.717) is 5.69 Å². The second-order valence-corrected chi connectivity index (χ2v) is 9.14. The zero-order valence-electron chi connectivity index (χ0n) is 14.4. The second-order valence-electron chi connectivity index (χ2n) is 5.49. The fourth-order valence-corrected chi connectivity index (χ4v) is 4.05. The summed E-state index contributed by atoms with van der Waals surface area (Å²) >= 11 is 4.78. The summed E-state index contributed by atoms with van der Waals surface area (Å²) in [5, 5.41) is 2.74. The van der Waals surface area contributed by atoms with E-state index in [0.717, 1.165) is 9.37 Å². The summed E-state index contributed by atoms with van der Waals surface area (Å²) in [5.41, 5.74) is 0.510. The molecule has 28 heavy (non-hydrogen) atoms. The van der Waals surface area contributed by atoms with Crippen molar-refractivity contribution in [1.29, 1.82) is 0 Å². The number of carbonyl (C=O) groups is 1. The molecule has 1 aromatic heterocycles. The highest BCUT2D eigenvalue weighted by atomic mass is 79.9. The van der Waals surface area contributed by atoms with Gasteiger partial charge in [0.1, 0.15) is 0 Å². The quantitative estimate of drug-likeness (QED) is 0.501. The van der Waals surface area contributed by atoms with Crippen LogP contribution in [-0.4, -0.2) is 30.0 Å². The highest BCUT2D eigenvalue weighted by molar-refractivity contribution is 9.10. The third-order valence-corrected chi connectivity index (χ3v) is 6.31. The minimum atomic E-state index is -3.80. The first kappa shape index (κ1) is 20.3. The number of sulfonamides is 1. The fourth-order valence-electron chi connectivity index (χ4n) is 2.13. The van der Waals surface area contributed by atoms with E-state index in [1.807, 2.05) is 24.3 Å². The number of benzene rings is 2. The lowest BCUT2D eigenvalue weighted by Crippen LogP contribution is -2.16. The van der Waals surface area contributed by atoms with Crippen molar-refractivity contribution < 1.29 is 13.2 Å². The first-order chi connectivity index (χ1) is 13.4. The molecule has 0 bridgehead atoms. The van der Waals surface area contributed by atoms with Gasteiger partial charge in [-0.3, -0.25) is 4.79 Å². The molecule has 0 aliphatic carbocycles. The molecule has 3 aromatic rings. The normalized spacial score (nSPS) is 11.0. The smallest absolute Gasteiger partial charge is 0.264 e. The third kappa shape index (κ3) is 5.78. The zero-order valence-corrected chi connectivity index (χ0v) is 17.6. The van der Waals surface area contributed by atoms with Gasteiger partial charge in [-0.25, -0.2) is 23.1 Å². The van der Waals surface area contributed by atoms with Gasteiger partial charge in [0.15, 0.2) is 0 Å². The van der Waals surface area contributed by atoms with Crippen LogP contribution >= 0.6 is 27.7 Å². The molecule has 0 unspecified atom stereocenters. The van der Waals surface area contributed by atoms with Crippen molar-refractivity contribution in [2.24, 2.45) is 0 Å². The Hall–Kier alpha value is -2.43. The van der Waals surface area contributed by atoms with Crippen LogP contribution in [0.1, 0.15) is 0 Å². The van der Waals surface area contributed by atoms with Gasteiger partial charge in [0.2, 0.25) is 11.9 Å². The molecular weight excluding hydrogens is 464 g/mol. The van der Waals surface area contributed by atoms with Crippen LogP contribution in [-0.2, 0) is 14.8 Å². The molecule has 7 nitrogen and oxygen atoms in total. The van der Waals surface area contributed by atoms with E-state index in [1.165, 1.54) is 48.4 Å². The van der Waals surface area contributed by atoms with Crippen LogP contribution < -0.4 is 10.0 Å². The summed E-state index contributed by atoms with van der Waals surface area (Å²) in [7, 11) is -3.80. The predicted octanol–water partition coefficient (Wildman–Crippen LogP) is 3.77. The standard InChI is InChI=1S/C18H15BrN4O3S2/c19-13-2-6-15(7-3-13)27-12-17(24)22-14-4-8-16(9-5-14)28(25,26)23-18-20-10-1-11-21-18/h1-11H,12H2,(H,22,24)(H,20,21,23). The van der Waals surface area contributed by atoms with Crippen LogP contribution in [0.4, 0.5) is 11.6 Å². The molecule has 0 fully saturated rings. The molecule has 0 aliphatic rings. The Bertz CT molecular complexity index is 1040. The molecule has 0 atom stereocenters. The van der Waals surface area contributed by atoms with Crippen molar-refractivity contribution >= 4 is 55.3 Å². The summed E-state index contributed by atoms with van der Waals surface area (Å²) < 4.78 is 27.9. The van der Waals surface area contributed by atoms with Gasteiger partial charge in [-0.05, 0) is 54.6 Å². The molecule has 0 saturated heterocycles. The maximum absolute atomic E-state index is 12.3. The number of halogens is 1. The molecule has 0 aliphatic heterocycles. The van der Waals surface area contributed by atoms with Crippen molar-refractivity contribution in [3.63, 3.8) is 0 Å². The predicted molar refractivity (Wildman–Crippen MR) is 113 cm³/mol. The molecule has 10 heteroatoms. The molecule has 3 rings (SSSR count). The molecule has 2 N–H and O–H groups in total. The highest BCUT2D eigenvalue weighted by Gasteiger charge is 2.15. The Kier molecular flexibility index (Phi) is 6.65. The lowest BCUT2D eigenvalue weighted by atomic mass is 10.3. The lowest BCUT2D eigenvalue weighted by Gasteiger charge is -2.08. The van der Waals surface area contributed by atoms with Gasteiger partial charge in [0.25, 0.3) is 10.0 Å². The molecule has 0 radical (unpaired) electrons. The van der Waals surface area contributed by atoms with Crippen molar-refractivity contribution in [2.45, 2.75) is 9.79 Å². The van der Waals surface area contributed by atoms with E-state index < -0.39 is 10.0 Å². The average molecular weight is 479 g/mol. The number of anilines is 2. The number of aromatic nitrogens is 2. The third-order valence-electron chi connectivity index (χ3n) is 3.42. The number of thioether (sulfide) groups is 1. The summed E-state index contributed by atoms with van der Waals surface area (Å²) in [5.74, 6) is 0.0541. The summed E-state index contributed by atoms with van der Waals surface area (Å²) in [6, 6.07) is 15.1. The van der Waals surface area contributed by atoms with Crippen molar-refractivity contribution in [1.82, 2.24) is 9.97 Å². The SMILES string of the molecule is O=C(CSc1ccc(Br)cc1)Nc1ccc(S(=O)(=O)Nc2ncccn2)cc1. The number of nitrogens with zero attached hydrogens (tertiary/aromatic N) is 2. The van der Waals surface area contributed by atoms with E-state index in [9.17, 15) is 13.2 Å². The molecule has 2 aromatic carbocycles. The second kappa shape index (κ2) is 9.18. The van der Waals surface area contributed by atoms with Crippen LogP contribution in [0.25, 0.3) is 0 Å². The summed E-state index contributed by atoms with van der Waals surface area (Å²) in [4.78, 5) is 20.8. The van der Waals surface area contributed by atoms with Crippen molar-refractivity contribution in [3.05, 3.63) is 71.5 Å². The number of amides is 1. The molecule has 0 saturated carbocycles. The minimum absolute atomic E-state index is 0.00940. The van der Waals surface area contributed by atoms with E-state index in [4.69, 9.17) is 0 Å². The van der Waals surface area contributed by atoms with Gasteiger partial charge < -0.3 is 5.32 Å². The van der Waals surface area contributed by atoms with E-state index in [2.05, 4.69) is 35.9 Å². The van der Waals surface area contributed by atoms with Gasteiger partial charge in [0, 0.05) is 27.4 Å². The largest absolute Gasteiger partial charge is 0.325 e. The van der Waals surface area contributed by atoms with E-state index in [1.54, 1.807) is 6.07 Å². The van der Waals surface area contributed by atoms with Gasteiger partial charge in [-0.15, -0.1) is 11.8 Å². The van der Waals surface area contributed by atoms with Crippen LogP contribution in [0.2, 0.25) is 0 Å². The van der Waals surface area contributed by atoms with Crippen molar-refractivity contribution in [2.75, 3.05) is 15.8 Å². The molecule has 1 heterocycles.